The van der Waals surface area contributed by atoms with Gasteiger partial charge in [0.15, 0.2) is 0 Å². The molecule has 1 aliphatic carbocycles. The molecule has 3 rings (SSSR count). The van der Waals surface area contributed by atoms with Crippen LogP contribution in [0.25, 0.3) is 0 Å². The van der Waals surface area contributed by atoms with Crippen LogP contribution in [0.2, 0.25) is 0 Å². The summed E-state index contributed by atoms with van der Waals surface area (Å²) in [5.41, 5.74) is 9.52. The number of aryl methyl sites for hydroxylation is 1. The van der Waals surface area contributed by atoms with E-state index >= 15 is 0 Å². The normalized spacial score (nSPS) is 35.4. The SMILES string of the molecule is CC1CCN(C2CCCc3ccccc3C2N)CC1C. The van der Waals surface area contributed by atoms with Crippen molar-refractivity contribution in [2.45, 2.75) is 51.6 Å². The number of likely N-dealkylation sites (tertiary alicyclic amines) is 1. The van der Waals surface area contributed by atoms with Crippen LogP contribution in [-0.2, 0) is 6.42 Å². The molecule has 4 unspecified atom stereocenters. The van der Waals surface area contributed by atoms with E-state index in [1.54, 1.807) is 0 Å². The Morgan fingerprint density at radius 3 is 2.70 bits per heavy atom. The van der Waals surface area contributed by atoms with Gasteiger partial charge in [-0.2, -0.15) is 0 Å². The van der Waals surface area contributed by atoms with Crippen molar-refractivity contribution in [2.24, 2.45) is 17.6 Å². The Hall–Kier alpha value is -0.860. The van der Waals surface area contributed by atoms with Gasteiger partial charge in [0.2, 0.25) is 0 Å². The molecule has 0 aromatic heterocycles. The van der Waals surface area contributed by atoms with Crippen molar-refractivity contribution in [1.82, 2.24) is 4.90 Å². The first-order chi connectivity index (χ1) is 9.66. The number of fused-ring (bicyclic) bond motifs is 1. The minimum absolute atomic E-state index is 0.189. The van der Waals surface area contributed by atoms with Gasteiger partial charge in [-0.25, -0.2) is 0 Å². The summed E-state index contributed by atoms with van der Waals surface area (Å²) in [5, 5.41) is 0. The van der Waals surface area contributed by atoms with Gasteiger partial charge in [0.25, 0.3) is 0 Å². The van der Waals surface area contributed by atoms with Gasteiger partial charge in [0.1, 0.15) is 0 Å². The number of hydrogen-bond acceptors (Lipinski definition) is 2. The minimum Gasteiger partial charge on any atom is -0.323 e. The van der Waals surface area contributed by atoms with E-state index in [2.05, 4.69) is 43.0 Å². The van der Waals surface area contributed by atoms with Gasteiger partial charge in [-0.15, -0.1) is 0 Å². The van der Waals surface area contributed by atoms with E-state index < -0.39 is 0 Å². The Balaban J connectivity index is 1.80. The Morgan fingerprint density at radius 2 is 1.90 bits per heavy atom. The lowest BCUT2D eigenvalue weighted by molar-refractivity contribution is 0.0786. The third-order valence-electron chi connectivity index (χ3n) is 5.61. The summed E-state index contributed by atoms with van der Waals surface area (Å²) in [5.74, 6) is 1.66. The first kappa shape index (κ1) is 14.1. The van der Waals surface area contributed by atoms with Crippen molar-refractivity contribution in [1.29, 1.82) is 0 Å². The highest BCUT2D eigenvalue weighted by Crippen LogP contribution is 2.33. The summed E-state index contributed by atoms with van der Waals surface area (Å²) in [4.78, 5) is 2.68. The van der Waals surface area contributed by atoms with Crippen LogP contribution in [0.1, 0.15) is 50.3 Å². The van der Waals surface area contributed by atoms with Crippen molar-refractivity contribution in [2.75, 3.05) is 13.1 Å². The lowest BCUT2D eigenvalue weighted by atomic mass is 9.86. The van der Waals surface area contributed by atoms with E-state index in [1.807, 2.05) is 0 Å². The van der Waals surface area contributed by atoms with E-state index in [9.17, 15) is 0 Å². The molecule has 0 bridgehead atoms. The van der Waals surface area contributed by atoms with Crippen LogP contribution in [-0.4, -0.2) is 24.0 Å². The van der Waals surface area contributed by atoms with Crippen LogP contribution in [0.5, 0.6) is 0 Å². The van der Waals surface area contributed by atoms with Gasteiger partial charge in [-0.05, 0) is 55.2 Å². The fraction of sp³-hybridized carbons (Fsp3) is 0.667. The second kappa shape index (κ2) is 5.87. The van der Waals surface area contributed by atoms with Gasteiger partial charge in [-0.3, -0.25) is 4.90 Å². The molecule has 2 heteroatoms. The maximum Gasteiger partial charge on any atom is 0.0455 e. The van der Waals surface area contributed by atoms with Gasteiger partial charge in [0, 0.05) is 18.6 Å². The van der Waals surface area contributed by atoms with Crippen LogP contribution in [0.4, 0.5) is 0 Å². The number of piperidine rings is 1. The molecule has 1 fully saturated rings. The van der Waals surface area contributed by atoms with E-state index in [4.69, 9.17) is 5.73 Å². The highest BCUT2D eigenvalue weighted by atomic mass is 15.2. The molecule has 0 spiro atoms. The van der Waals surface area contributed by atoms with Crippen molar-refractivity contribution in [3.05, 3.63) is 35.4 Å². The zero-order valence-corrected chi connectivity index (χ0v) is 12.9. The van der Waals surface area contributed by atoms with Crippen LogP contribution in [0.15, 0.2) is 24.3 Å². The predicted molar refractivity (Wildman–Crippen MR) is 84.6 cm³/mol. The molecule has 20 heavy (non-hydrogen) atoms. The summed E-state index contributed by atoms with van der Waals surface area (Å²) >= 11 is 0. The molecule has 110 valence electrons. The summed E-state index contributed by atoms with van der Waals surface area (Å²) in [6, 6.07) is 9.52. The number of nitrogens with zero attached hydrogens (tertiary/aromatic N) is 1. The molecular weight excluding hydrogens is 244 g/mol. The summed E-state index contributed by atoms with van der Waals surface area (Å²) < 4.78 is 0. The van der Waals surface area contributed by atoms with Gasteiger partial charge in [-0.1, -0.05) is 38.1 Å². The smallest absolute Gasteiger partial charge is 0.0455 e. The monoisotopic (exact) mass is 272 g/mol. The van der Waals surface area contributed by atoms with Crippen LogP contribution in [0.3, 0.4) is 0 Å². The van der Waals surface area contributed by atoms with E-state index in [0.29, 0.717) is 6.04 Å². The van der Waals surface area contributed by atoms with Crippen molar-refractivity contribution < 1.29 is 0 Å². The third-order valence-corrected chi connectivity index (χ3v) is 5.61. The lowest BCUT2D eigenvalue weighted by Crippen LogP contribution is -2.48. The second-order valence-electron chi connectivity index (χ2n) is 6.92. The Labute approximate surface area is 123 Å². The number of benzene rings is 1. The molecule has 0 saturated carbocycles. The van der Waals surface area contributed by atoms with Crippen LogP contribution < -0.4 is 5.73 Å². The maximum absolute atomic E-state index is 6.66. The van der Waals surface area contributed by atoms with Crippen molar-refractivity contribution in [3.8, 4) is 0 Å². The first-order valence-corrected chi connectivity index (χ1v) is 8.24. The predicted octanol–water partition coefficient (Wildman–Crippen LogP) is 3.37. The highest BCUT2D eigenvalue weighted by Gasteiger charge is 2.33. The van der Waals surface area contributed by atoms with Crippen molar-refractivity contribution >= 4 is 0 Å². The summed E-state index contributed by atoms with van der Waals surface area (Å²) in [6.07, 6.45) is 5.04. The molecule has 1 aromatic carbocycles. The molecule has 2 aliphatic rings. The molecule has 2 N–H and O–H groups in total. The quantitative estimate of drug-likeness (QED) is 0.794. The molecule has 0 radical (unpaired) electrons. The number of nitrogens with two attached hydrogens (primary N) is 1. The number of rotatable bonds is 1. The number of hydrogen-bond donors (Lipinski definition) is 1. The largest absolute Gasteiger partial charge is 0.323 e. The maximum atomic E-state index is 6.66. The zero-order valence-electron chi connectivity index (χ0n) is 12.9. The van der Waals surface area contributed by atoms with Crippen LogP contribution in [0, 0.1) is 11.8 Å². The van der Waals surface area contributed by atoms with Crippen molar-refractivity contribution in [3.63, 3.8) is 0 Å². The van der Waals surface area contributed by atoms with Gasteiger partial charge < -0.3 is 5.73 Å². The Morgan fingerprint density at radius 1 is 1.10 bits per heavy atom. The van der Waals surface area contributed by atoms with Gasteiger partial charge in [0.05, 0.1) is 0 Å². The molecule has 2 nitrogen and oxygen atoms in total. The zero-order chi connectivity index (χ0) is 14.1. The van der Waals surface area contributed by atoms with Crippen LogP contribution >= 0.6 is 0 Å². The molecule has 4 atom stereocenters. The standard InChI is InChI=1S/C18H28N2/c1-13-10-11-20(12-14(13)2)17-9-5-7-15-6-3-4-8-16(15)18(17)19/h3-4,6,8,13-14,17-18H,5,7,9-12,19H2,1-2H3. The third kappa shape index (κ3) is 2.64. The Kier molecular flexibility index (Phi) is 4.13. The van der Waals surface area contributed by atoms with Gasteiger partial charge >= 0.3 is 0 Å². The second-order valence-corrected chi connectivity index (χ2v) is 6.92. The fourth-order valence-electron chi connectivity index (χ4n) is 3.98. The topological polar surface area (TPSA) is 29.3 Å². The first-order valence-electron chi connectivity index (χ1n) is 8.24. The molecule has 1 aliphatic heterocycles. The molecule has 1 heterocycles. The Bertz CT molecular complexity index is 456. The highest BCUT2D eigenvalue weighted by molar-refractivity contribution is 5.32. The van der Waals surface area contributed by atoms with E-state index in [0.717, 1.165) is 11.8 Å². The minimum atomic E-state index is 0.189. The van der Waals surface area contributed by atoms with E-state index in [-0.39, 0.29) is 6.04 Å². The molecular formula is C18H28N2. The average molecular weight is 272 g/mol. The summed E-state index contributed by atoms with van der Waals surface area (Å²) in [6.45, 7) is 7.24. The van der Waals surface area contributed by atoms with E-state index in [1.165, 1.54) is 49.9 Å². The molecule has 1 aromatic rings. The average Bonchev–Trinajstić information content (AvgIpc) is 2.62. The lowest BCUT2D eigenvalue weighted by Gasteiger charge is -2.42. The summed E-state index contributed by atoms with van der Waals surface area (Å²) in [7, 11) is 0. The molecule has 0 amide bonds. The fourth-order valence-corrected chi connectivity index (χ4v) is 3.98. The molecule has 1 saturated heterocycles.